The van der Waals surface area contributed by atoms with Crippen LogP contribution in [0.15, 0.2) is 53.8 Å². The minimum atomic E-state index is -0.245. The van der Waals surface area contributed by atoms with E-state index < -0.39 is 0 Å². The molecule has 0 atom stereocenters. The van der Waals surface area contributed by atoms with Crippen molar-refractivity contribution in [1.29, 1.82) is 0 Å². The van der Waals surface area contributed by atoms with E-state index in [9.17, 15) is 0 Å². The fraction of sp³-hybridized carbons (Fsp3) is 0.381. The summed E-state index contributed by atoms with van der Waals surface area (Å²) in [5.41, 5.74) is 1.93. The Morgan fingerprint density at radius 3 is 2.88 bits per heavy atom. The Morgan fingerprint density at radius 1 is 1.35 bits per heavy atom. The van der Waals surface area contributed by atoms with Crippen LogP contribution < -0.4 is 0 Å². The number of aromatic nitrogens is 1. The molecular formula is C21H23ClN2OS. The molecule has 2 aliphatic rings. The average molecular weight is 387 g/mol. The number of benzene rings is 1. The monoisotopic (exact) mass is 386 g/mol. The van der Waals surface area contributed by atoms with Crippen molar-refractivity contribution in [2.24, 2.45) is 5.92 Å². The molecule has 0 spiro atoms. The van der Waals surface area contributed by atoms with Crippen LogP contribution in [0.2, 0.25) is 5.02 Å². The second kappa shape index (κ2) is 7.09. The zero-order chi connectivity index (χ0) is 18.1. The molecule has 1 aromatic heterocycles. The predicted molar refractivity (Wildman–Crippen MR) is 108 cm³/mol. The fourth-order valence-corrected chi connectivity index (χ4v) is 4.22. The van der Waals surface area contributed by atoms with E-state index in [1.807, 2.05) is 29.8 Å². The van der Waals surface area contributed by atoms with Crippen LogP contribution in [0.25, 0.3) is 5.70 Å². The molecule has 1 fully saturated rings. The minimum absolute atomic E-state index is 0.245. The van der Waals surface area contributed by atoms with E-state index in [0.717, 1.165) is 40.2 Å². The normalized spacial score (nSPS) is 17.7. The minimum Gasteiger partial charge on any atom is -0.491 e. The van der Waals surface area contributed by atoms with Gasteiger partial charge in [-0.3, -0.25) is 0 Å². The highest BCUT2D eigenvalue weighted by Crippen LogP contribution is 2.40. The number of hydrogen-bond acceptors (Lipinski definition) is 4. The van der Waals surface area contributed by atoms with Gasteiger partial charge in [0.15, 0.2) is 0 Å². The van der Waals surface area contributed by atoms with Gasteiger partial charge in [0, 0.05) is 28.7 Å². The molecule has 1 aliphatic heterocycles. The van der Waals surface area contributed by atoms with Gasteiger partial charge in [0.1, 0.15) is 10.8 Å². The molecule has 4 rings (SSSR count). The van der Waals surface area contributed by atoms with Crippen molar-refractivity contribution in [3.63, 3.8) is 0 Å². The van der Waals surface area contributed by atoms with Gasteiger partial charge >= 0.3 is 0 Å². The molecule has 1 saturated carbocycles. The molecule has 0 saturated heterocycles. The fourth-order valence-electron chi connectivity index (χ4n) is 3.26. The SMILES string of the molecule is CC(C)(c1nccs1)N1CC=CC(OCC2CC2)=C1c1cccc(Cl)c1. The average Bonchev–Trinajstić information content (AvgIpc) is 3.29. The van der Waals surface area contributed by atoms with Crippen molar-refractivity contribution in [3.8, 4) is 0 Å². The molecule has 26 heavy (non-hydrogen) atoms. The van der Waals surface area contributed by atoms with Gasteiger partial charge in [-0.15, -0.1) is 11.3 Å². The highest BCUT2D eigenvalue weighted by atomic mass is 35.5. The Bertz CT molecular complexity index is 837. The van der Waals surface area contributed by atoms with Crippen molar-refractivity contribution in [2.75, 3.05) is 13.2 Å². The van der Waals surface area contributed by atoms with Crippen molar-refractivity contribution >= 4 is 28.6 Å². The van der Waals surface area contributed by atoms with E-state index in [4.69, 9.17) is 16.3 Å². The first-order valence-corrected chi connectivity index (χ1v) is 10.3. The topological polar surface area (TPSA) is 25.4 Å². The van der Waals surface area contributed by atoms with Crippen LogP contribution in [-0.4, -0.2) is 23.0 Å². The Balaban J connectivity index is 1.77. The molecule has 0 unspecified atom stereocenters. The summed E-state index contributed by atoms with van der Waals surface area (Å²) in [5, 5.41) is 3.86. The second-order valence-corrected chi connectivity index (χ2v) is 8.72. The van der Waals surface area contributed by atoms with Crippen molar-refractivity contribution in [2.45, 2.75) is 32.2 Å². The van der Waals surface area contributed by atoms with Crippen LogP contribution in [0.3, 0.4) is 0 Å². The van der Waals surface area contributed by atoms with Crippen LogP contribution in [0.5, 0.6) is 0 Å². The molecule has 2 heterocycles. The molecule has 0 bridgehead atoms. The van der Waals surface area contributed by atoms with E-state index in [1.54, 1.807) is 11.3 Å². The van der Waals surface area contributed by atoms with Gasteiger partial charge in [-0.1, -0.05) is 29.8 Å². The first kappa shape index (κ1) is 17.6. The summed E-state index contributed by atoms with van der Waals surface area (Å²) in [5.74, 6) is 1.63. The maximum Gasteiger partial charge on any atom is 0.143 e. The molecule has 5 heteroatoms. The lowest BCUT2D eigenvalue weighted by atomic mass is 9.97. The number of hydrogen-bond donors (Lipinski definition) is 0. The van der Waals surface area contributed by atoms with Crippen LogP contribution in [0.1, 0.15) is 37.3 Å². The lowest BCUT2D eigenvalue weighted by Gasteiger charge is -2.42. The zero-order valence-corrected chi connectivity index (χ0v) is 16.7. The van der Waals surface area contributed by atoms with Crippen LogP contribution in [0, 0.1) is 5.92 Å². The third kappa shape index (κ3) is 3.53. The Hall–Kier alpha value is -1.78. The number of thiazole rings is 1. The molecule has 0 N–H and O–H groups in total. The Morgan fingerprint density at radius 2 is 2.19 bits per heavy atom. The molecule has 1 aliphatic carbocycles. The first-order chi connectivity index (χ1) is 12.6. The smallest absolute Gasteiger partial charge is 0.143 e. The first-order valence-electron chi connectivity index (χ1n) is 9.03. The van der Waals surface area contributed by atoms with Gasteiger partial charge in [-0.2, -0.15) is 0 Å². The third-order valence-electron chi connectivity index (χ3n) is 4.96. The van der Waals surface area contributed by atoms with Gasteiger partial charge in [-0.05, 0) is 50.8 Å². The highest BCUT2D eigenvalue weighted by Gasteiger charge is 2.36. The highest BCUT2D eigenvalue weighted by molar-refractivity contribution is 7.09. The summed E-state index contributed by atoms with van der Waals surface area (Å²) in [4.78, 5) is 6.96. The molecule has 1 aromatic carbocycles. The lowest BCUT2D eigenvalue weighted by molar-refractivity contribution is 0.177. The zero-order valence-electron chi connectivity index (χ0n) is 15.1. The quantitative estimate of drug-likeness (QED) is 0.636. The summed E-state index contributed by atoms with van der Waals surface area (Å²) >= 11 is 7.99. The summed E-state index contributed by atoms with van der Waals surface area (Å²) in [6, 6.07) is 8.02. The molecule has 136 valence electrons. The molecule has 0 amide bonds. The molecular weight excluding hydrogens is 364 g/mol. The summed E-state index contributed by atoms with van der Waals surface area (Å²) < 4.78 is 6.25. The van der Waals surface area contributed by atoms with E-state index in [0.29, 0.717) is 5.92 Å². The standard InChI is InChI=1S/C21H23ClN2OS/c1-21(2,20-23-10-12-26-20)24-11-4-7-18(25-14-15-8-9-15)19(24)16-5-3-6-17(22)13-16/h3-7,10,12-13,15H,8-9,11,14H2,1-2H3. The second-order valence-electron chi connectivity index (χ2n) is 7.39. The van der Waals surface area contributed by atoms with Crippen molar-refractivity contribution in [1.82, 2.24) is 9.88 Å². The number of rotatable bonds is 6. The van der Waals surface area contributed by atoms with E-state index >= 15 is 0 Å². The van der Waals surface area contributed by atoms with Crippen molar-refractivity contribution in [3.05, 3.63) is 69.3 Å². The van der Waals surface area contributed by atoms with Gasteiger partial charge in [0.25, 0.3) is 0 Å². The van der Waals surface area contributed by atoms with Gasteiger partial charge in [-0.25, -0.2) is 4.98 Å². The number of ether oxygens (including phenoxy) is 1. The summed E-state index contributed by atoms with van der Waals surface area (Å²) in [6.07, 6.45) is 8.70. The predicted octanol–water partition coefficient (Wildman–Crippen LogP) is 5.70. The van der Waals surface area contributed by atoms with Gasteiger partial charge in [0.2, 0.25) is 0 Å². The maximum atomic E-state index is 6.30. The van der Waals surface area contributed by atoms with Gasteiger partial charge in [0.05, 0.1) is 17.8 Å². The van der Waals surface area contributed by atoms with Gasteiger partial charge < -0.3 is 9.64 Å². The molecule has 3 nitrogen and oxygen atoms in total. The Labute approximate surface area is 164 Å². The molecule has 0 radical (unpaired) electrons. The third-order valence-corrected chi connectivity index (χ3v) is 6.28. The van der Waals surface area contributed by atoms with Crippen molar-refractivity contribution < 1.29 is 4.74 Å². The lowest BCUT2D eigenvalue weighted by Crippen LogP contribution is -2.42. The summed E-state index contributed by atoms with van der Waals surface area (Å²) in [7, 11) is 0. The number of allylic oxidation sites excluding steroid dienone is 1. The largest absolute Gasteiger partial charge is 0.491 e. The maximum absolute atomic E-state index is 6.30. The number of halogens is 1. The summed E-state index contributed by atoms with van der Waals surface area (Å²) in [6.45, 7) is 6.03. The van der Waals surface area contributed by atoms with E-state index in [-0.39, 0.29) is 5.54 Å². The van der Waals surface area contributed by atoms with E-state index in [1.165, 1.54) is 12.8 Å². The van der Waals surface area contributed by atoms with E-state index in [2.05, 4.69) is 41.9 Å². The van der Waals surface area contributed by atoms with Crippen LogP contribution in [-0.2, 0) is 10.3 Å². The Kier molecular flexibility index (Phi) is 4.80. The van der Waals surface area contributed by atoms with Crippen LogP contribution in [0.4, 0.5) is 0 Å². The van der Waals surface area contributed by atoms with Crippen LogP contribution >= 0.6 is 22.9 Å². The number of nitrogens with zero attached hydrogens (tertiary/aromatic N) is 2. The molecule has 2 aromatic rings.